The first-order chi connectivity index (χ1) is 22.0. The molecule has 4 rings (SSSR count). The third-order valence-corrected chi connectivity index (χ3v) is 6.76. The fraction of sp³-hybridized carbons (Fsp3) is 0.176. The number of benzene rings is 4. The molecule has 0 amide bonds. The Kier molecular flexibility index (Phi) is 11.7. The molecule has 46 heavy (non-hydrogen) atoms. The number of carbonyl (C=O) groups is 4. The van der Waals surface area contributed by atoms with Crippen molar-refractivity contribution < 1.29 is 57.8 Å². The molecule has 4 aromatic carbocycles. The molecule has 0 aliphatic carbocycles. The van der Waals surface area contributed by atoms with Gasteiger partial charge >= 0.3 is 23.9 Å². The van der Waals surface area contributed by atoms with Crippen molar-refractivity contribution in [2.45, 2.75) is 0 Å². The van der Waals surface area contributed by atoms with E-state index in [1.165, 1.54) is 66.9 Å². The lowest BCUT2D eigenvalue weighted by atomic mass is 9.94. The maximum absolute atomic E-state index is 12.1. The first-order valence-electron chi connectivity index (χ1n) is 13.4. The average molecular weight is 633 g/mol. The van der Waals surface area contributed by atoms with E-state index in [4.69, 9.17) is 28.4 Å². The Morgan fingerprint density at radius 1 is 0.413 bits per heavy atom. The second kappa shape index (κ2) is 15.6. The van der Waals surface area contributed by atoms with Gasteiger partial charge in [0.05, 0.1) is 64.9 Å². The highest BCUT2D eigenvalue weighted by Crippen LogP contribution is 2.34. The normalized spacial score (nSPS) is 10.0. The lowest BCUT2D eigenvalue weighted by Gasteiger charge is -2.14. The standard InChI is InChI=1S/C18H18O6.C16H14O6/c1-21-11-5-7-13(15(9-11)17(19)23-3)14-8-6-12(22-2)10-16(14)18(20)24-4;1-21-9-3-5-11(13(7-9)15(17)18)12-6-4-10(22-2)8-14(12)16(19)20/h5-10H,1-4H3;3-8H,1-2H3,(H,17,18)(H,19,20). The molecule has 0 unspecified atom stereocenters. The quantitative estimate of drug-likeness (QED) is 0.205. The van der Waals surface area contributed by atoms with Crippen molar-refractivity contribution in [3.63, 3.8) is 0 Å². The van der Waals surface area contributed by atoms with Crippen molar-refractivity contribution in [1.29, 1.82) is 0 Å². The molecule has 0 aliphatic heterocycles. The molecule has 0 aliphatic rings. The number of hydrogen-bond acceptors (Lipinski definition) is 10. The minimum atomic E-state index is -1.17. The number of ether oxygens (including phenoxy) is 6. The van der Waals surface area contributed by atoms with E-state index in [2.05, 4.69) is 0 Å². The van der Waals surface area contributed by atoms with Crippen LogP contribution in [-0.4, -0.2) is 76.7 Å². The van der Waals surface area contributed by atoms with E-state index in [0.29, 0.717) is 45.3 Å². The summed E-state index contributed by atoms with van der Waals surface area (Å²) >= 11 is 0. The summed E-state index contributed by atoms with van der Waals surface area (Å²) < 4.78 is 30.0. The van der Waals surface area contributed by atoms with Gasteiger partial charge in [-0.1, -0.05) is 0 Å². The highest BCUT2D eigenvalue weighted by atomic mass is 16.5. The second-order valence-electron chi connectivity index (χ2n) is 9.24. The van der Waals surface area contributed by atoms with E-state index < -0.39 is 23.9 Å². The molecule has 12 nitrogen and oxygen atoms in total. The highest BCUT2D eigenvalue weighted by molar-refractivity contribution is 6.04. The zero-order valence-corrected chi connectivity index (χ0v) is 25.9. The van der Waals surface area contributed by atoms with Crippen LogP contribution >= 0.6 is 0 Å². The molecule has 240 valence electrons. The average Bonchev–Trinajstić information content (AvgIpc) is 3.09. The van der Waals surface area contributed by atoms with Gasteiger partial charge in [0.25, 0.3) is 0 Å². The number of carboxylic acid groups (broad SMARTS) is 2. The van der Waals surface area contributed by atoms with Crippen LogP contribution in [0.2, 0.25) is 0 Å². The summed E-state index contributed by atoms with van der Waals surface area (Å²) in [6.45, 7) is 0. The molecule has 12 heteroatoms. The van der Waals surface area contributed by atoms with Gasteiger partial charge in [-0.25, -0.2) is 19.2 Å². The van der Waals surface area contributed by atoms with Crippen LogP contribution in [0.4, 0.5) is 0 Å². The SMILES string of the molecule is COC(=O)c1cc(OC)ccc1-c1ccc(OC)cc1C(=O)OC.COc1ccc(-c2ccc(OC)cc2C(=O)O)c(C(=O)O)c1. The van der Waals surface area contributed by atoms with Crippen LogP contribution in [0.25, 0.3) is 22.3 Å². The predicted octanol–water partition coefficient (Wildman–Crippen LogP) is 5.71. The number of hydrogen-bond donors (Lipinski definition) is 2. The second-order valence-corrected chi connectivity index (χ2v) is 9.24. The number of carbonyl (C=O) groups excluding carboxylic acids is 2. The van der Waals surface area contributed by atoms with Gasteiger partial charge in [0.1, 0.15) is 23.0 Å². The predicted molar refractivity (Wildman–Crippen MR) is 167 cm³/mol. The molecule has 0 saturated heterocycles. The third-order valence-electron chi connectivity index (χ3n) is 6.76. The van der Waals surface area contributed by atoms with Crippen LogP contribution in [0.5, 0.6) is 23.0 Å². The zero-order chi connectivity index (χ0) is 34.0. The van der Waals surface area contributed by atoms with Crippen molar-refractivity contribution in [2.75, 3.05) is 42.7 Å². The Labute approximate surface area is 264 Å². The largest absolute Gasteiger partial charge is 0.497 e. The van der Waals surface area contributed by atoms with Gasteiger partial charge in [-0.2, -0.15) is 0 Å². The van der Waals surface area contributed by atoms with Crippen LogP contribution in [0.1, 0.15) is 41.4 Å². The summed E-state index contributed by atoms with van der Waals surface area (Å²) in [7, 11) is 8.45. The molecule has 0 bridgehead atoms. The molecular formula is C34H32O12. The topological polar surface area (TPSA) is 164 Å². The van der Waals surface area contributed by atoms with E-state index in [-0.39, 0.29) is 22.3 Å². The van der Waals surface area contributed by atoms with E-state index in [0.717, 1.165) is 0 Å². The number of carboxylic acids is 2. The molecule has 0 saturated carbocycles. The maximum atomic E-state index is 12.1. The molecule has 2 N–H and O–H groups in total. The van der Waals surface area contributed by atoms with Crippen molar-refractivity contribution in [2.24, 2.45) is 0 Å². The van der Waals surface area contributed by atoms with Crippen molar-refractivity contribution in [3.8, 4) is 45.3 Å². The summed E-state index contributed by atoms with van der Waals surface area (Å²) in [6.07, 6.45) is 0. The summed E-state index contributed by atoms with van der Waals surface area (Å²) in [4.78, 5) is 47.1. The molecule has 0 spiro atoms. The molecule has 4 aromatic rings. The Balaban J connectivity index is 0.000000251. The van der Waals surface area contributed by atoms with Crippen LogP contribution in [-0.2, 0) is 9.47 Å². The molecule has 0 radical (unpaired) electrons. The summed E-state index contributed by atoms with van der Waals surface area (Å²) in [5, 5.41) is 18.7. The van der Waals surface area contributed by atoms with Gasteiger partial charge in [-0.05, 0) is 95.1 Å². The van der Waals surface area contributed by atoms with Gasteiger partial charge in [0.2, 0.25) is 0 Å². The molecule has 0 heterocycles. The minimum absolute atomic E-state index is 0.0352. The van der Waals surface area contributed by atoms with Gasteiger partial charge < -0.3 is 38.6 Å². The van der Waals surface area contributed by atoms with E-state index in [1.54, 1.807) is 48.5 Å². The van der Waals surface area contributed by atoms with Crippen molar-refractivity contribution in [1.82, 2.24) is 0 Å². The van der Waals surface area contributed by atoms with Crippen molar-refractivity contribution in [3.05, 3.63) is 95.1 Å². The fourth-order valence-corrected chi connectivity index (χ4v) is 4.45. The zero-order valence-electron chi connectivity index (χ0n) is 25.9. The lowest BCUT2D eigenvalue weighted by Crippen LogP contribution is -2.08. The van der Waals surface area contributed by atoms with Crippen LogP contribution in [0.15, 0.2) is 72.8 Å². The molecule has 0 fully saturated rings. The summed E-state index contributed by atoms with van der Waals surface area (Å²) in [6, 6.07) is 18.8. The highest BCUT2D eigenvalue weighted by Gasteiger charge is 2.22. The smallest absolute Gasteiger partial charge is 0.338 e. The van der Waals surface area contributed by atoms with Gasteiger partial charge in [-0.15, -0.1) is 0 Å². The van der Waals surface area contributed by atoms with Crippen LogP contribution in [0.3, 0.4) is 0 Å². The van der Waals surface area contributed by atoms with Crippen LogP contribution < -0.4 is 18.9 Å². The first kappa shape index (κ1) is 34.5. The number of esters is 2. The first-order valence-corrected chi connectivity index (χ1v) is 13.4. The molecular weight excluding hydrogens is 600 g/mol. The minimum Gasteiger partial charge on any atom is -0.497 e. The van der Waals surface area contributed by atoms with Gasteiger partial charge in [0, 0.05) is 0 Å². The van der Waals surface area contributed by atoms with E-state index >= 15 is 0 Å². The molecule has 0 atom stereocenters. The number of aromatic carboxylic acids is 2. The van der Waals surface area contributed by atoms with E-state index in [9.17, 15) is 29.4 Å². The lowest BCUT2D eigenvalue weighted by molar-refractivity contribution is 0.0589. The Hall–Kier alpha value is -6.04. The fourth-order valence-electron chi connectivity index (χ4n) is 4.45. The Morgan fingerprint density at radius 2 is 0.652 bits per heavy atom. The van der Waals surface area contributed by atoms with Crippen molar-refractivity contribution >= 4 is 23.9 Å². The Bertz CT molecular complexity index is 1630. The summed E-state index contributed by atoms with van der Waals surface area (Å²) in [5.41, 5.74) is 2.16. The van der Waals surface area contributed by atoms with E-state index in [1.807, 2.05) is 0 Å². The summed E-state index contributed by atoms with van der Waals surface area (Å²) in [5.74, 6) is -1.62. The molecule has 0 aromatic heterocycles. The Morgan fingerprint density at radius 3 is 0.870 bits per heavy atom. The maximum Gasteiger partial charge on any atom is 0.338 e. The monoisotopic (exact) mass is 632 g/mol. The van der Waals surface area contributed by atoms with Gasteiger partial charge in [-0.3, -0.25) is 0 Å². The number of methoxy groups -OCH3 is 6. The van der Waals surface area contributed by atoms with Crippen LogP contribution in [0, 0.1) is 0 Å². The van der Waals surface area contributed by atoms with Gasteiger partial charge in [0.15, 0.2) is 0 Å². The number of rotatable bonds is 10. The third kappa shape index (κ3) is 7.72.